The number of carbonyl (C=O) groups is 2. The van der Waals surface area contributed by atoms with Gasteiger partial charge in [-0.1, -0.05) is 0 Å². The molecule has 0 aromatic carbocycles. The summed E-state index contributed by atoms with van der Waals surface area (Å²) in [5.74, 6) is -1.36. The Morgan fingerprint density at radius 3 is 2.66 bits per heavy atom. The molecule has 2 amide bonds. The molecule has 0 bridgehead atoms. The van der Waals surface area contributed by atoms with Crippen LogP contribution in [0.15, 0.2) is 12.1 Å². The zero-order valence-corrected chi connectivity index (χ0v) is 17.7. The SMILES string of the molecule is Cn1nc(OC(F)(F)F)cc1C(=O)Nc1cc([C@@H]2C[C@H](OC(=O)NC(C)(C)C)CO2)[nH]n1. The highest BCUT2D eigenvalue weighted by Crippen LogP contribution is 2.30. The molecule has 1 saturated heterocycles. The van der Waals surface area contributed by atoms with Crippen LogP contribution in [0.5, 0.6) is 5.88 Å². The standard InChI is InChI=1S/C18H23F3N6O5/c1-17(2,3)23-16(29)31-9-5-12(30-8-9)10-6-13(25-24-10)22-15(28)11-7-14(26-27(11)4)32-18(19,20)21/h6-7,9,12H,5,8H2,1-4H3,(H,23,29)(H2,22,24,25,28)/t9-,12-/m0/s1. The van der Waals surface area contributed by atoms with E-state index in [1.807, 2.05) is 20.8 Å². The highest BCUT2D eigenvalue weighted by molar-refractivity contribution is 6.02. The zero-order chi connectivity index (χ0) is 23.7. The van der Waals surface area contributed by atoms with Crippen LogP contribution in [0.2, 0.25) is 0 Å². The molecule has 1 fully saturated rings. The zero-order valence-electron chi connectivity index (χ0n) is 17.7. The number of amides is 2. The van der Waals surface area contributed by atoms with Crippen molar-refractivity contribution in [3.05, 3.63) is 23.5 Å². The molecule has 2 atom stereocenters. The fourth-order valence-electron chi connectivity index (χ4n) is 2.95. The number of aryl methyl sites for hydroxylation is 1. The first-order chi connectivity index (χ1) is 14.8. The van der Waals surface area contributed by atoms with Crippen LogP contribution in [0.4, 0.5) is 23.8 Å². The third-order valence-corrected chi connectivity index (χ3v) is 4.21. The average Bonchev–Trinajstić information content (AvgIpc) is 3.32. The van der Waals surface area contributed by atoms with Gasteiger partial charge in [0.2, 0.25) is 5.88 Å². The average molecular weight is 460 g/mol. The lowest BCUT2D eigenvalue weighted by molar-refractivity contribution is -0.276. The lowest BCUT2D eigenvalue weighted by Gasteiger charge is -2.21. The first-order valence-electron chi connectivity index (χ1n) is 9.56. The Balaban J connectivity index is 1.56. The van der Waals surface area contributed by atoms with Gasteiger partial charge in [-0.05, 0) is 20.8 Å². The number of alkyl halides is 3. The fraction of sp³-hybridized carbons (Fsp3) is 0.556. The first kappa shape index (κ1) is 23.4. The van der Waals surface area contributed by atoms with Crippen molar-refractivity contribution < 1.29 is 37.0 Å². The van der Waals surface area contributed by atoms with Crippen molar-refractivity contribution in [1.82, 2.24) is 25.3 Å². The minimum atomic E-state index is -4.92. The number of halogens is 3. The molecule has 0 saturated carbocycles. The lowest BCUT2D eigenvalue weighted by Crippen LogP contribution is -2.42. The highest BCUT2D eigenvalue weighted by atomic mass is 19.4. The molecule has 0 unspecified atom stereocenters. The Morgan fingerprint density at radius 2 is 2.00 bits per heavy atom. The second-order valence-electron chi connectivity index (χ2n) is 8.16. The third-order valence-electron chi connectivity index (χ3n) is 4.21. The number of H-pyrrole nitrogens is 1. The van der Waals surface area contributed by atoms with Crippen molar-refractivity contribution in [2.45, 2.75) is 51.3 Å². The van der Waals surface area contributed by atoms with E-state index in [0.29, 0.717) is 12.1 Å². The summed E-state index contributed by atoms with van der Waals surface area (Å²) in [7, 11) is 1.30. The molecule has 1 aliphatic rings. The van der Waals surface area contributed by atoms with Crippen molar-refractivity contribution in [3.8, 4) is 5.88 Å². The van der Waals surface area contributed by atoms with E-state index in [9.17, 15) is 22.8 Å². The second kappa shape index (κ2) is 8.68. The summed E-state index contributed by atoms with van der Waals surface area (Å²) < 4.78 is 52.6. The molecule has 2 aromatic rings. The van der Waals surface area contributed by atoms with Crippen LogP contribution in [0.3, 0.4) is 0 Å². The first-order valence-corrected chi connectivity index (χ1v) is 9.56. The van der Waals surface area contributed by atoms with E-state index >= 15 is 0 Å². The third kappa shape index (κ3) is 6.35. The monoisotopic (exact) mass is 460 g/mol. The number of carbonyl (C=O) groups excluding carboxylic acids is 2. The number of nitrogens with zero attached hydrogens (tertiary/aromatic N) is 3. The Hall–Kier alpha value is -3.29. The van der Waals surface area contributed by atoms with Gasteiger partial charge in [-0.25, -0.2) is 4.79 Å². The van der Waals surface area contributed by atoms with Gasteiger partial charge in [-0.15, -0.1) is 18.3 Å². The van der Waals surface area contributed by atoms with Gasteiger partial charge in [0.25, 0.3) is 5.91 Å². The maximum Gasteiger partial charge on any atom is 0.574 e. The maximum absolute atomic E-state index is 12.4. The van der Waals surface area contributed by atoms with Gasteiger partial charge >= 0.3 is 12.5 Å². The van der Waals surface area contributed by atoms with Crippen molar-refractivity contribution >= 4 is 17.8 Å². The van der Waals surface area contributed by atoms with Crippen LogP contribution in [-0.4, -0.2) is 56.6 Å². The van der Waals surface area contributed by atoms with Crippen molar-refractivity contribution in [3.63, 3.8) is 0 Å². The minimum absolute atomic E-state index is 0.128. The van der Waals surface area contributed by atoms with Crippen LogP contribution >= 0.6 is 0 Å². The van der Waals surface area contributed by atoms with Gasteiger partial charge in [0.05, 0.1) is 12.3 Å². The predicted molar refractivity (Wildman–Crippen MR) is 103 cm³/mol. The smallest absolute Gasteiger partial charge is 0.444 e. The Morgan fingerprint density at radius 1 is 1.28 bits per heavy atom. The normalized spacial score (nSPS) is 19.0. The number of hydrogen-bond donors (Lipinski definition) is 3. The molecule has 3 N–H and O–H groups in total. The molecule has 0 spiro atoms. The minimum Gasteiger partial charge on any atom is -0.444 e. The summed E-state index contributed by atoms with van der Waals surface area (Å²) in [4.78, 5) is 24.3. The number of rotatable bonds is 5. The molecule has 0 aliphatic carbocycles. The number of aromatic amines is 1. The van der Waals surface area contributed by atoms with Crippen LogP contribution in [0.25, 0.3) is 0 Å². The Bertz CT molecular complexity index is 981. The number of nitrogens with one attached hydrogen (secondary N) is 3. The lowest BCUT2D eigenvalue weighted by atomic mass is 10.1. The number of ether oxygens (including phenoxy) is 3. The van der Waals surface area contributed by atoms with Crippen LogP contribution in [-0.2, 0) is 16.5 Å². The molecular weight excluding hydrogens is 437 g/mol. The number of anilines is 1. The Kier molecular flexibility index (Phi) is 6.34. The van der Waals surface area contributed by atoms with Crippen molar-refractivity contribution in [2.75, 3.05) is 11.9 Å². The maximum atomic E-state index is 12.4. The van der Waals surface area contributed by atoms with Crippen molar-refractivity contribution in [2.24, 2.45) is 7.05 Å². The van der Waals surface area contributed by atoms with E-state index in [1.165, 1.54) is 13.1 Å². The van der Waals surface area contributed by atoms with Gasteiger partial charge in [0.15, 0.2) is 5.82 Å². The summed E-state index contributed by atoms with van der Waals surface area (Å²) in [6, 6.07) is 2.38. The predicted octanol–water partition coefficient (Wildman–Crippen LogP) is 2.65. The van der Waals surface area contributed by atoms with Crippen molar-refractivity contribution in [1.29, 1.82) is 0 Å². The van der Waals surface area contributed by atoms with Gasteiger partial charge in [0, 0.05) is 31.1 Å². The molecule has 11 nitrogen and oxygen atoms in total. The van der Waals surface area contributed by atoms with E-state index in [0.717, 1.165) is 10.7 Å². The molecule has 1 aliphatic heterocycles. The molecular formula is C18H23F3N6O5. The summed E-state index contributed by atoms with van der Waals surface area (Å²) >= 11 is 0. The summed E-state index contributed by atoms with van der Waals surface area (Å²) in [5.41, 5.74) is -0.0575. The quantitative estimate of drug-likeness (QED) is 0.625. The van der Waals surface area contributed by atoms with E-state index in [1.54, 1.807) is 0 Å². The molecule has 0 radical (unpaired) electrons. The molecule has 14 heteroatoms. The summed E-state index contributed by atoms with van der Waals surface area (Å²) in [5, 5.41) is 15.3. The van der Waals surface area contributed by atoms with E-state index in [2.05, 4.69) is 30.7 Å². The Labute approximate surface area is 180 Å². The topological polar surface area (TPSA) is 132 Å². The van der Waals surface area contributed by atoms with Crippen LogP contribution in [0.1, 0.15) is 49.5 Å². The van der Waals surface area contributed by atoms with Gasteiger partial charge < -0.3 is 24.8 Å². The van der Waals surface area contributed by atoms with E-state index < -0.39 is 42.0 Å². The largest absolute Gasteiger partial charge is 0.574 e. The molecule has 2 aromatic heterocycles. The molecule has 3 heterocycles. The second-order valence-corrected chi connectivity index (χ2v) is 8.16. The summed E-state index contributed by atoms with van der Waals surface area (Å²) in [6.45, 7) is 5.69. The van der Waals surface area contributed by atoms with Gasteiger partial charge in [0.1, 0.15) is 17.9 Å². The van der Waals surface area contributed by atoms with Crippen LogP contribution < -0.4 is 15.4 Å². The molecule has 176 valence electrons. The summed E-state index contributed by atoms with van der Waals surface area (Å²) in [6.07, 6.45) is -5.98. The van der Waals surface area contributed by atoms with E-state index in [-0.39, 0.29) is 18.1 Å². The van der Waals surface area contributed by atoms with Gasteiger partial charge in [-0.3, -0.25) is 14.6 Å². The fourth-order valence-corrected chi connectivity index (χ4v) is 2.95. The molecule has 3 rings (SSSR count). The van der Waals surface area contributed by atoms with E-state index in [4.69, 9.17) is 9.47 Å². The van der Waals surface area contributed by atoms with Gasteiger partial charge in [-0.2, -0.15) is 5.10 Å². The number of aromatic nitrogens is 4. The highest BCUT2D eigenvalue weighted by Gasteiger charge is 2.34. The number of alkyl carbamates (subject to hydrolysis) is 1. The molecule has 32 heavy (non-hydrogen) atoms. The number of hydrogen-bond acceptors (Lipinski definition) is 7. The van der Waals surface area contributed by atoms with Crippen LogP contribution in [0, 0.1) is 0 Å².